The molecule has 1 heterocycles. The van der Waals surface area contributed by atoms with Crippen LogP contribution in [0, 0.1) is 6.92 Å². The van der Waals surface area contributed by atoms with Crippen LogP contribution in [0.3, 0.4) is 0 Å². The standard InChI is InChI=1S/C23H20N2O3/c1-16-8-10-18(11-9-16)22-24-25-23(28-22)19-12-13-20(21(14-19)26-2)27-15-17-6-4-3-5-7-17/h3-14H,15H2,1-2H3. The topological polar surface area (TPSA) is 57.4 Å². The first-order valence-corrected chi connectivity index (χ1v) is 8.98. The molecule has 5 nitrogen and oxygen atoms in total. The van der Waals surface area contributed by atoms with Gasteiger partial charge in [0.2, 0.25) is 11.8 Å². The van der Waals surface area contributed by atoms with E-state index in [4.69, 9.17) is 13.9 Å². The van der Waals surface area contributed by atoms with Gasteiger partial charge in [0.1, 0.15) is 6.61 Å². The molecule has 4 rings (SSSR count). The zero-order valence-electron chi connectivity index (χ0n) is 15.8. The van der Waals surface area contributed by atoms with Gasteiger partial charge in [-0.25, -0.2) is 0 Å². The summed E-state index contributed by atoms with van der Waals surface area (Å²) in [7, 11) is 1.61. The fourth-order valence-corrected chi connectivity index (χ4v) is 2.81. The molecule has 0 radical (unpaired) electrons. The lowest BCUT2D eigenvalue weighted by Crippen LogP contribution is -1.97. The number of aromatic nitrogens is 2. The quantitative estimate of drug-likeness (QED) is 0.460. The molecular weight excluding hydrogens is 352 g/mol. The maximum atomic E-state index is 5.90. The smallest absolute Gasteiger partial charge is 0.248 e. The largest absolute Gasteiger partial charge is 0.493 e. The number of methoxy groups -OCH3 is 1. The average molecular weight is 372 g/mol. The highest BCUT2D eigenvalue weighted by molar-refractivity contribution is 5.62. The van der Waals surface area contributed by atoms with Crippen LogP contribution < -0.4 is 9.47 Å². The van der Waals surface area contributed by atoms with Crippen molar-refractivity contribution in [1.82, 2.24) is 10.2 Å². The summed E-state index contributed by atoms with van der Waals surface area (Å²) in [5.41, 5.74) is 3.93. The molecule has 3 aromatic carbocycles. The van der Waals surface area contributed by atoms with Crippen LogP contribution >= 0.6 is 0 Å². The van der Waals surface area contributed by atoms with E-state index in [1.54, 1.807) is 7.11 Å². The molecule has 0 aliphatic carbocycles. The van der Waals surface area contributed by atoms with Crippen LogP contribution in [0.5, 0.6) is 11.5 Å². The van der Waals surface area contributed by atoms with E-state index in [-0.39, 0.29) is 0 Å². The Morgan fingerprint density at radius 2 is 1.46 bits per heavy atom. The van der Waals surface area contributed by atoms with Crippen LogP contribution in [0.2, 0.25) is 0 Å². The van der Waals surface area contributed by atoms with Gasteiger partial charge in [-0.1, -0.05) is 48.0 Å². The van der Waals surface area contributed by atoms with Gasteiger partial charge in [0.25, 0.3) is 0 Å². The molecule has 0 N–H and O–H groups in total. The first-order chi connectivity index (χ1) is 13.7. The van der Waals surface area contributed by atoms with Gasteiger partial charge in [0.15, 0.2) is 11.5 Å². The Balaban J connectivity index is 1.55. The molecule has 0 fully saturated rings. The van der Waals surface area contributed by atoms with Gasteiger partial charge in [-0.3, -0.25) is 0 Å². The number of hydrogen-bond acceptors (Lipinski definition) is 5. The Bertz CT molecular complexity index is 1060. The lowest BCUT2D eigenvalue weighted by atomic mass is 10.1. The molecule has 1 aromatic heterocycles. The van der Waals surface area contributed by atoms with Crippen molar-refractivity contribution in [2.45, 2.75) is 13.5 Å². The highest BCUT2D eigenvalue weighted by atomic mass is 16.5. The summed E-state index contributed by atoms with van der Waals surface area (Å²) in [6.07, 6.45) is 0. The molecule has 0 aliphatic rings. The van der Waals surface area contributed by atoms with Crippen LogP contribution in [-0.2, 0) is 6.61 Å². The first kappa shape index (κ1) is 17.8. The zero-order chi connectivity index (χ0) is 19.3. The van der Waals surface area contributed by atoms with E-state index in [1.165, 1.54) is 5.56 Å². The Morgan fingerprint density at radius 3 is 2.18 bits per heavy atom. The summed E-state index contributed by atoms with van der Waals surface area (Å²) >= 11 is 0. The summed E-state index contributed by atoms with van der Waals surface area (Å²) in [6, 6.07) is 23.5. The van der Waals surface area contributed by atoms with E-state index in [1.807, 2.05) is 79.7 Å². The molecule has 5 heteroatoms. The third kappa shape index (κ3) is 3.88. The molecule has 0 atom stereocenters. The van der Waals surface area contributed by atoms with E-state index >= 15 is 0 Å². The molecule has 140 valence electrons. The minimum Gasteiger partial charge on any atom is -0.493 e. The molecule has 0 saturated heterocycles. The highest BCUT2D eigenvalue weighted by Crippen LogP contribution is 2.33. The average Bonchev–Trinajstić information content (AvgIpc) is 3.23. The van der Waals surface area contributed by atoms with Crippen LogP contribution in [0.4, 0.5) is 0 Å². The van der Waals surface area contributed by atoms with Crippen molar-refractivity contribution in [3.05, 3.63) is 83.9 Å². The SMILES string of the molecule is COc1cc(-c2nnc(-c3ccc(C)cc3)o2)ccc1OCc1ccccc1. The van der Waals surface area contributed by atoms with Crippen LogP contribution in [0.25, 0.3) is 22.9 Å². The van der Waals surface area contributed by atoms with Crippen LogP contribution in [0.15, 0.2) is 77.2 Å². The number of aryl methyl sites for hydroxylation is 1. The Morgan fingerprint density at radius 1 is 0.786 bits per heavy atom. The van der Waals surface area contributed by atoms with Crippen molar-refractivity contribution >= 4 is 0 Å². The molecule has 0 unspecified atom stereocenters. The molecule has 0 saturated carbocycles. The summed E-state index contributed by atoms with van der Waals surface area (Å²) in [5, 5.41) is 8.33. The Kier molecular flexibility index (Phi) is 5.06. The lowest BCUT2D eigenvalue weighted by Gasteiger charge is -2.11. The normalized spacial score (nSPS) is 10.6. The van der Waals surface area contributed by atoms with E-state index < -0.39 is 0 Å². The van der Waals surface area contributed by atoms with Gasteiger partial charge < -0.3 is 13.9 Å². The number of nitrogens with zero attached hydrogens (tertiary/aromatic N) is 2. The molecule has 0 aliphatic heterocycles. The third-order valence-electron chi connectivity index (χ3n) is 4.37. The Labute approximate surface area is 163 Å². The maximum absolute atomic E-state index is 5.90. The fourth-order valence-electron chi connectivity index (χ4n) is 2.81. The van der Waals surface area contributed by atoms with E-state index in [0.29, 0.717) is 29.9 Å². The van der Waals surface area contributed by atoms with Crippen molar-refractivity contribution in [2.24, 2.45) is 0 Å². The second kappa shape index (κ2) is 7.96. The minimum absolute atomic E-state index is 0.434. The van der Waals surface area contributed by atoms with Gasteiger partial charge in [0.05, 0.1) is 7.11 Å². The second-order valence-electron chi connectivity index (χ2n) is 6.42. The van der Waals surface area contributed by atoms with Gasteiger partial charge in [-0.15, -0.1) is 10.2 Å². The predicted octanol–water partition coefficient (Wildman–Crippen LogP) is 5.30. The van der Waals surface area contributed by atoms with E-state index in [0.717, 1.165) is 16.7 Å². The summed E-state index contributed by atoms with van der Waals surface area (Å²) in [5.74, 6) is 2.19. The van der Waals surface area contributed by atoms with Crippen molar-refractivity contribution in [2.75, 3.05) is 7.11 Å². The van der Waals surface area contributed by atoms with Crippen molar-refractivity contribution in [3.8, 4) is 34.4 Å². The fraction of sp³-hybridized carbons (Fsp3) is 0.130. The summed E-state index contributed by atoms with van der Waals surface area (Å²) in [4.78, 5) is 0. The highest BCUT2D eigenvalue weighted by Gasteiger charge is 2.14. The van der Waals surface area contributed by atoms with E-state index in [9.17, 15) is 0 Å². The molecule has 4 aromatic rings. The lowest BCUT2D eigenvalue weighted by molar-refractivity contribution is 0.284. The van der Waals surface area contributed by atoms with E-state index in [2.05, 4.69) is 10.2 Å². The molecular formula is C23H20N2O3. The number of benzene rings is 3. The van der Waals surface area contributed by atoms with Crippen molar-refractivity contribution in [1.29, 1.82) is 0 Å². The number of ether oxygens (including phenoxy) is 2. The van der Waals surface area contributed by atoms with Crippen molar-refractivity contribution < 1.29 is 13.9 Å². The summed E-state index contributed by atoms with van der Waals surface area (Å²) < 4.78 is 17.2. The predicted molar refractivity (Wildman–Crippen MR) is 107 cm³/mol. The summed E-state index contributed by atoms with van der Waals surface area (Å²) in [6.45, 7) is 2.51. The second-order valence-corrected chi connectivity index (χ2v) is 6.42. The number of hydrogen-bond donors (Lipinski definition) is 0. The monoisotopic (exact) mass is 372 g/mol. The molecule has 0 amide bonds. The minimum atomic E-state index is 0.434. The van der Waals surface area contributed by atoms with Crippen LogP contribution in [-0.4, -0.2) is 17.3 Å². The molecule has 0 bridgehead atoms. The van der Waals surface area contributed by atoms with Gasteiger partial charge >= 0.3 is 0 Å². The maximum Gasteiger partial charge on any atom is 0.248 e. The first-order valence-electron chi connectivity index (χ1n) is 8.98. The van der Waals surface area contributed by atoms with Gasteiger partial charge in [-0.2, -0.15) is 0 Å². The van der Waals surface area contributed by atoms with Gasteiger partial charge in [0, 0.05) is 11.1 Å². The third-order valence-corrected chi connectivity index (χ3v) is 4.37. The Hall–Kier alpha value is -3.60. The number of rotatable bonds is 6. The molecule has 28 heavy (non-hydrogen) atoms. The zero-order valence-corrected chi connectivity index (χ0v) is 15.8. The molecule has 0 spiro atoms. The van der Waals surface area contributed by atoms with Crippen molar-refractivity contribution in [3.63, 3.8) is 0 Å². The van der Waals surface area contributed by atoms with Gasteiger partial charge in [-0.05, 0) is 42.8 Å². The van der Waals surface area contributed by atoms with Crippen LogP contribution in [0.1, 0.15) is 11.1 Å².